The Bertz CT molecular complexity index is 299. The van der Waals surface area contributed by atoms with Crippen molar-refractivity contribution < 1.29 is 0 Å². The molecule has 3 saturated carbocycles. The lowest BCUT2D eigenvalue weighted by atomic mass is 9.79. The predicted octanol–water partition coefficient (Wildman–Crippen LogP) is 4.27. The molecule has 0 radical (unpaired) electrons. The number of hydrogen-bond donors (Lipinski definition) is 0. The molecule has 0 aromatic carbocycles. The van der Waals surface area contributed by atoms with Crippen molar-refractivity contribution in [1.29, 1.82) is 0 Å². The highest BCUT2D eigenvalue weighted by atomic mass is 14.7. The molecule has 3 aliphatic rings. The van der Waals surface area contributed by atoms with E-state index in [4.69, 9.17) is 0 Å². The largest absolute Gasteiger partial charge is 0.0996 e. The van der Waals surface area contributed by atoms with Crippen molar-refractivity contribution in [3.63, 3.8) is 0 Å². The van der Waals surface area contributed by atoms with Crippen LogP contribution in [0.2, 0.25) is 0 Å². The topological polar surface area (TPSA) is 0 Å². The summed E-state index contributed by atoms with van der Waals surface area (Å²) >= 11 is 0. The minimum Gasteiger partial charge on any atom is -0.0996 e. The Labute approximate surface area is 94.1 Å². The highest BCUT2D eigenvalue weighted by Gasteiger charge is 2.64. The molecule has 0 aromatic heterocycles. The Hall–Kier alpha value is -0.260. The summed E-state index contributed by atoms with van der Waals surface area (Å²) in [6.07, 6.45) is 5.71. The first kappa shape index (κ1) is 9.93. The van der Waals surface area contributed by atoms with Gasteiger partial charge in [0.05, 0.1) is 0 Å². The number of fused-ring (bicyclic) bond motifs is 3. The second-order valence-electron chi connectivity index (χ2n) is 6.89. The molecule has 0 spiro atoms. The summed E-state index contributed by atoms with van der Waals surface area (Å²) in [6.45, 7) is 11.8. The second-order valence-corrected chi connectivity index (χ2v) is 6.89. The zero-order chi connectivity index (χ0) is 10.8. The standard InChI is InChI=1S/C15H24/c1-9-6-8-12-14(15(12,3)4)13-10(2)5-7-11(9)13/h9,11-14H,2,5-8H2,1,3-4H3/t9-,11+,12+,13-,14+/m1/s1. The van der Waals surface area contributed by atoms with E-state index in [0.717, 1.165) is 29.6 Å². The van der Waals surface area contributed by atoms with E-state index in [1.807, 2.05) is 0 Å². The first-order chi connectivity index (χ1) is 7.03. The molecule has 0 amide bonds. The van der Waals surface area contributed by atoms with Crippen LogP contribution < -0.4 is 0 Å². The van der Waals surface area contributed by atoms with E-state index in [9.17, 15) is 0 Å². The van der Waals surface area contributed by atoms with Crippen LogP contribution in [-0.4, -0.2) is 0 Å². The molecular formula is C15H24. The highest BCUT2D eigenvalue weighted by Crippen LogP contribution is 2.70. The summed E-state index contributed by atoms with van der Waals surface area (Å²) in [5.41, 5.74) is 2.23. The van der Waals surface area contributed by atoms with Crippen molar-refractivity contribution >= 4 is 0 Å². The molecule has 0 bridgehead atoms. The van der Waals surface area contributed by atoms with Gasteiger partial charge in [-0.05, 0) is 54.3 Å². The minimum atomic E-state index is 0.635. The van der Waals surface area contributed by atoms with Gasteiger partial charge in [-0.1, -0.05) is 39.3 Å². The lowest BCUT2D eigenvalue weighted by molar-refractivity contribution is 0.252. The molecular weight excluding hydrogens is 180 g/mol. The number of rotatable bonds is 0. The monoisotopic (exact) mass is 204 g/mol. The number of hydrogen-bond acceptors (Lipinski definition) is 0. The van der Waals surface area contributed by atoms with Crippen LogP contribution in [0, 0.1) is 35.0 Å². The summed E-state index contributed by atoms with van der Waals surface area (Å²) in [4.78, 5) is 0. The average Bonchev–Trinajstić information content (AvgIpc) is 2.55. The van der Waals surface area contributed by atoms with E-state index < -0.39 is 0 Å². The van der Waals surface area contributed by atoms with Crippen LogP contribution in [-0.2, 0) is 0 Å². The predicted molar refractivity (Wildman–Crippen MR) is 64.5 cm³/mol. The third kappa shape index (κ3) is 1.20. The van der Waals surface area contributed by atoms with Gasteiger partial charge in [-0.3, -0.25) is 0 Å². The summed E-state index contributed by atoms with van der Waals surface area (Å²) in [5, 5.41) is 0. The SMILES string of the molecule is C=C1CC[C@@H]2[C@@H]1[C@@H]1[C@H](CC[C@H]2C)C1(C)C. The fraction of sp³-hybridized carbons (Fsp3) is 0.867. The van der Waals surface area contributed by atoms with Gasteiger partial charge in [-0.15, -0.1) is 0 Å². The Morgan fingerprint density at radius 1 is 1.20 bits per heavy atom. The summed E-state index contributed by atoms with van der Waals surface area (Å²) < 4.78 is 0. The molecule has 0 nitrogen and oxygen atoms in total. The first-order valence-corrected chi connectivity index (χ1v) is 6.71. The zero-order valence-electron chi connectivity index (χ0n) is 10.4. The Morgan fingerprint density at radius 3 is 2.67 bits per heavy atom. The van der Waals surface area contributed by atoms with Gasteiger partial charge in [0.2, 0.25) is 0 Å². The first-order valence-electron chi connectivity index (χ1n) is 6.71. The molecule has 0 heteroatoms. The van der Waals surface area contributed by atoms with Crippen LogP contribution in [0.1, 0.15) is 46.5 Å². The van der Waals surface area contributed by atoms with Gasteiger partial charge in [-0.25, -0.2) is 0 Å². The van der Waals surface area contributed by atoms with E-state index in [2.05, 4.69) is 27.4 Å². The molecule has 84 valence electrons. The van der Waals surface area contributed by atoms with Crippen molar-refractivity contribution in [3.05, 3.63) is 12.2 Å². The fourth-order valence-electron chi connectivity index (χ4n) is 4.87. The maximum absolute atomic E-state index is 4.36. The molecule has 0 saturated heterocycles. The molecule has 0 aromatic rings. The molecule has 0 heterocycles. The van der Waals surface area contributed by atoms with E-state index in [0.29, 0.717) is 5.41 Å². The van der Waals surface area contributed by atoms with Crippen LogP contribution in [0.25, 0.3) is 0 Å². The minimum absolute atomic E-state index is 0.635. The Balaban J connectivity index is 1.93. The van der Waals surface area contributed by atoms with Gasteiger partial charge >= 0.3 is 0 Å². The second kappa shape index (κ2) is 2.90. The summed E-state index contributed by atoms with van der Waals surface area (Å²) in [6, 6.07) is 0. The molecule has 3 rings (SSSR count). The van der Waals surface area contributed by atoms with Gasteiger partial charge in [0.1, 0.15) is 0 Å². The summed E-state index contributed by atoms with van der Waals surface area (Å²) in [5.74, 6) is 4.84. The van der Waals surface area contributed by atoms with E-state index in [-0.39, 0.29) is 0 Å². The Kier molecular flexibility index (Phi) is 1.92. The smallest absolute Gasteiger partial charge is 0.0139 e. The van der Waals surface area contributed by atoms with Crippen LogP contribution in [0.3, 0.4) is 0 Å². The van der Waals surface area contributed by atoms with Crippen molar-refractivity contribution in [2.24, 2.45) is 35.0 Å². The molecule has 0 N–H and O–H groups in total. The molecule has 15 heavy (non-hydrogen) atoms. The molecule has 3 fully saturated rings. The maximum Gasteiger partial charge on any atom is -0.0139 e. The van der Waals surface area contributed by atoms with Gasteiger partial charge in [-0.2, -0.15) is 0 Å². The van der Waals surface area contributed by atoms with Gasteiger partial charge in [0, 0.05) is 0 Å². The lowest BCUT2D eigenvalue weighted by Gasteiger charge is -2.26. The van der Waals surface area contributed by atoms with E-state index in [1.165, 1.54) is 25.7 Å². The number of allylic oxidation sites excluding steroid dienone is 1. The van der Waals surface area contributed by atoms with Crippen molar-refractivity contribution in [2.45, 2.75) is 46.5 Å². The van der Waals surface area contributed by atoms with Crippen molar-refractivity contribution in [2.75, 3.05) is 0 Å². The third-order valence-corrected chi connectivity index (χ3v) is 5.92. The third-order valence-electron chi connectivity index (χ3n) is 5.92. The van der Waals surface area contributed by atoms with E-state index in [1.54, 1.807) is 5.57 Å². The van der Waals surface area contributed by atoms with Crippen LogP contribution in [0.15, 0.2) is 12.2 Å². The zero-order valence-corrected chi connectivity index (χ0v) is 10.4. The van der Waals surface area contributed by atoms with Crippen LogP contribution >= 0.6 is 0 Å². The van der Waals surface area contributed by atoms with Crippen molar-refractivity contribution in [3.8, 4) is 0 Å². The van der Waals surface area contributed by atoms with Crippen molar-refractivity contribution in [1.82, 2.24) is 0 Å². The quantitative estimate of drug-likeness (QED) is 0.517. The maximum atomic E-state index is 4.36. The van der Waals surface area contributed by atoms with Gasteiger partial charge in [0.15, 0.2) is 0 Å². The highest BCUT2D eigenvalue weighted by molar-refractivity contribution is 5.22. The molecule has 5 atom stereocenters. The van der Waals surface area contributed by atoms with Gasteiger partial charge < -0.3 is 0 Å². The van der Waals surface area contributed by atoms with Crippen LogP contribution in [0.5, 0.6) is 0 Å². The molecule has 0 aliphatic heterocycles. The van der Waals surface area contributed by atoms with Gasteiger partial charge in [0.25, 0.3) is 0 Å². The van der Waals surface area contributed by atoms with E-state index >= 15 is 0 Å². The summed E-state index contributed by atoms with van der Waals surface area (Å²) in [7, 11) is 0. The Morgan fingerprint density at radius 2 is 1.93 bits per heavy atom. The normalized spacial score (nSPS) is 51.9. The van der Waals surface area contributed by atoms with Crippen LogP contribution in [0.4, 0.5) is 0 Å². The lowest BCUT2D eigenvalue weighted by Crippen LogP contribution is -2.19. The molecule has 0 unspecified atom stereocenters. The molecule has 3 aliphatic carbocycles. The fourth-order valence-corrected chi connectivity index (χ4v) is 4.87. The average molecular weight is 204 g/mol.